The number of hydrogen-bond donors (Lipinski definition) is 1. The normalized spacial score (nSPS) is 27.4. The first kappa shape index (κ1) is 14.9. The van der Waals surface area contributed by atoms with E-state index in [1.54, 1.807) is 0 Å². The van der Waals surface area contributed by atoms with Crippen molar-refractivity contribution in [3.63, 3.8) is 0 Å². The zero-order valence-electron chi connectivity index (χ0n) is 12.4. The van der Waals surface area contributed by atoms with E-state index >= 15 is 0 Å². The highest BCUT2D eigenvalue weighted by Crippen LogP contribution is 2.23. The molecule has 2 N–H and O–H groups in total. The van der Waals surface area contributed by atoms with Crippen LogP contribution in [0.3, 0.4) is 0 Å². The van der Waals surface area contributed by atoms with Gasteiger partial charge in [-0.05, 0) is 31.3 Å². The summed E-state index contributed by atoms with van der Waals surface area (Å²) >= 11 is 0. The molecule has 1 atom stereocenters. The van der Waals surface area contributed by atoms with Crippen LogP contribution in [0.15, 0.2) is 0 Å². The Morgan fingerprint density at radius 1 is 1.29 bits per heavy atom. The van der Waals surface area contributed by atoms with Crippen LogP contribution in [-0.4, -0.2) is 55.6 Å². The van der Waals surface area contributed by atoms with Crippen LogP contribution in [-0.2, 0) is 0 Å². The number of rotatable bonds is 4. The fourth-order valence-corrected chi connectivity index (χ4v) is 2.83. The number of nitrogens with two attached hydrogens (primary N) is 1. The Bertz CT molecular complexity index is 226. The van der Waals surface area contributed by atoms with Crippen molar-refractivity contribution in [3.05, 3.63) is 0 Å². The molecule has 0 spiro atoms. The van der Waals surface area contributed by atoms with Gasteiger partial charge in [0, 0.05) is 32.2 Å². The third-order valence-electron chi connectivity index (χ3n) is 3.72. The third-order valence-corrected chi connectivity index (χ3v) is 3.72. The molecule has 0 aliphatic carbocycles. The van der Waals surface area contributed by atoms with Crippen molar-refractivity contribution in [2.45, 2.75) is 40.2 Å². The van der Waals surface area contributed by atoms with Crippen LogP contribution in [0.1, 0.15) is 34.1 Å². The van der Waals surface area contributed by atoms with E-state index in [9.17, 15) is 0 Å². The second-order valence-electron chi connectivity index (χ2n) is 6.89. The topological polar surface area (TPSA) is 32.5 Å². The molecule has 1 rings (SSSR count). The van der Waals surface area contributed by atoms with Crippen LogP contribution in [0, 0.1) is 11.3 Å². The van der Waals surface area contributed by atoms with Crippen LogP contribution in [0.2, 0.25) is 0 Å². The summed E-state index contributed by atoms with van der Waals surface area (Å²) in [5.74, 6) is 0.787. The summed E-state index contributed by atoms with van der Waals surface area (Å²) in [7, 11) is 2.21. The van der Waals surface area contributed by atoms with Gasteiger partial charge in [-0.25, -0.2) is 0 Å². The van der Waals surface area contributed by atoms with E-state index in [4.69, 9.17) is 5.73 Å². The maximum Gasteiger partial charge on any atom is 0.0342 e. The van der Waals surface area contributed by atoms with E-state index in [0.717, 1.165) is 25.6 Å². The van der Waals surface area contributed by atoms with Crippen molar-refractivity contribution in [1.29, 1.82) is 0 Å². The quantitative estimate of drug-likeness (QED) is 0.812. The molecule has 102 valence electrons. The van der Waals surface area contributed by atoms with Gasteiger partial charge in [0.25, 0.3) is 0 Å². The van der Waals surface area contributed by atoms with Gasteiger partial charge in [-0.2, -0.15) is 0 Å². The van der Waals surface area contributed by atoms with Gasteiger partial charge in [0.1, 0.15) is 0 Å². The highest BCUT2D eigenvalue weighted by atomic mass is 15.2. The molecule has 0 radical (unpaired) electrons. The minimum absolute atomic E-state index is 0.371. The molecule has 1 aliphatic rings. The fourth-order valence-electron chi connectivity index (χ4n) is 2.83. The second-order valence-corrected chi connectivity index (χ2v) is 6.89. The van der Waals surface area contributed by atoms with E-state index in [0.29, 0.717) is 11.5 Å². The lowest BCUT2D eigenvalue weighted by Gasteiger charge is -2.30. The minimum Gasteiger partial charge on any atom is -0.329 e. The summed E-state index contributed by atoms with van der Waals surface area (Å²) in [4.78, 5) is 5.05. The lowest BCUT2D eigenvalue weighted by Crippen LogP contribution is -2.44. The Hall–Kier alpha value is -0.120. The minimum atomic E-state index is 0.371. The van der Waals surface area contributed by atoms with E-state index in [1.165, 1.54) is 19.5 Å². The van der Waals surface area contributed by atoms with Crippen molar-refractivity contribution in [1.82, 2.24) is 9.80 Å². The van der Waals surface area contributed by atoms with Crippen LogP contribution in [0.4, 0.5) is 0 Å². The SMILES string of the molecule is CC(C)CCN1CC(CN)N(C)CC(C)(C)C1. The van der Waals surface area contributed by atoms with Crippen molar-refractivity contribution in [2.75, 3.05) is 39.8 Å². The highest BCUT2D eigenvalue weighted by Gasteiger charge is 2.31. The molecule has 1 heterocycles. The van der Waals surface area contributed by atoms with Crippen molar-refractivity contribution in [2.24, 2.45) is 17.1 Å². The summed E-state index contributed by atoms with van der Waals surface area (Å²) in [6.45, 7) is 14.8. The van der Waals surface area contributed by atoms with Crippen LogP contribution in [0.25, 0.3) is 0 Å². The monoisotopic (exact) mass is 241 g/mol. The lowest BCUT2D eigenvalue weighted by atomic mass is 9.92. The largest absolute Gasteiger partial charge is 0.329 e. The standard InChI is InChI=1S/C14H31N3/c1-12(2)6-7-17-9-13(8-15)16(5)10-14(3,4)11-17/h12-13H,6-11,15H2,1-5H3. The summed E-state index contributed by atoms with van der Waals surface area (Å²) in [5, 5.41) is 0. The average Bonchev–Trinajstić information content (AvgIpc) is 2.30. The number of hydrogen-bond acceptors (Lipinski definition) is 3. The summed E-state index contributed by atoms with van der Waals surface area (Å²) in [6.07, 6.45) is 1.29. The molecule has 17 heavy (non-hydrogen) atoms. The molecular formula is C14H31N3. The number of nitrogens with zero attached hydrogens (tertiary/aromatic N) is 2. The van der Waals surface area contributed by atoms with Gasteiger partial charge in [-0.1, -0.05) is 27.7 Å². The zero-order chi connectivity index (χ0) is 13.1. The smallest absolute Gasteiger partial charge is 0.0342 e. The van der Waals surface area contributed by atoms with Gasteiger partial charge in [-0.15, -0.1) is 0 Å². The molecule has 1 saturated heterocycles. The Labute approximate surface area is 107 Å². The Balaban J connectivity index is 2.63. The molecule has 0 aromatic rings. The van der Waals surface area contributed by atoms with Gasteiger partial charge in [0.15, 0.2) is 0 Å². The summed E-state index contributed by atoms with van der Waals surface area (Å²) in [6, 6.07) is 0.518. The molecule has 1 aliphatic heterocycles. The molecular weight excluding hydrogens is 210 g/mol. The fraction of sp³-hybridized carbons (Fsp3) is 1.00. The number of likely N-dealkylation sites (N-methyl/N-ethyl adjacent to an activating group) is 1. The van der Waals surface area contributed by atoms with Gasteiger partial charge < -0.3 is 15.5 Å². The van der Waals surface area contributed by atoms with Gasteiger partial charge in [-0.3, -0.25) is 0 Å². The molecule has 1 unspecified atom stereocenters. The lowest BCUT2D eigenvalue weighted by molar-refractivity contribution is 0.188. The maximum atomic E-state index is 5.90. The molecule has 0 aromatic carbocycles. The van der Waals surface area contributed by atoms with Crippen LogP contribution < -0.4 is 5.73 Å². The third kappa shape index (κ3) is 4.94. The predicted octanol–water partition coefficient (Wildman–Crippen LogP) is 1.63. The van der Waals surface area contributed by atoms with E-state index in [1.807, 2.05) is 0 Å². The maximum absolute atomic E-state index is 5.90. The first-order valence-corrected chi connectivity index (χ1v) is 6.97. The van der Waals surface area contributed by atoms with Gasteiger partial charge >= 0.3 is 0 Å². The first-order valence-electron chi connectivity index (χ1n) is 6.97. The molecule has 0 bridgehead atoms. The molecule has 0 aromatic heterocycles. The van der Waals surface area contributed by atoms with E-state index in [-0.39, 0.29) is 0 Å². The van der Waals surface area contributed by atoms with Gasteiger partial charge in [0.05, 0.1) is 0 Å². The Morgan fingerprint density at radius 3 is 2.47 bits per heavy atom. The second kappa shape index (κ2) is 6.17. The van der Waals surface area contributed by atoms with E-state index in [2.05, 4.69) is 44.5 Å². The summed E-state index contributed by atoms with van der Waals surface area (Å²) in [5.41, 5.74) is 6.27. The van der Waals surface area contributed by atoms with Crippen LogP contribution >= 0.6 is 0 Å². The molecule has 1 fully saturated rings. The highest BCUT2D eigenvalue weighted by molar-refractivity contribution is 4.87. The van der Waals surface area contributed by atoms with Crippen LogP contribution in [0.5, 0.6) is 0 Å². The Kier molecular flexibility index (Phi) is 5.42. The summed E-state index contributed by atoms with van der Waals surface area (Å²) < 4.78 is 0. The Morgan fingerprint density at radius 2 is 1.94 bits per heavy atom. The first-order chi connectivity index (χ1) is 7.84. The van der Waals surface area contributed by atoms with Gasteiger partial charge in [0.2, 0.25) is 0 Å². The van der Waals surface area contributed by atoms with Crippen molar-refractivity contribution in [3.8, 4) is 0 Å². The van der Waals surface area contributed by atoms with E-state index < -0.39 is 0 Å². The predicted molar refractivity (Wildman–Crippen MR) is 75.1 cm³/mol. The molecule has 0 saturated carbocycles. The molecule has 3 nitrogen and oxygen atoms in total. The molecule has 3 heteroatoms. The molecule has 0 amide bonds. The van der Waals surface area contributed by atoms with Crippen molar-refractivity contribution < 1.29 is 0 Å². The van der Waals surface area contributed by atoms with Crippen molar-refractivity contribution >= 4 is 0 Å². The zero-order valence-corrected chi connectivity index (χ0v) is 12.4. The average molecular weight is 241 g/mol.